The molecule has 2 rings (SSSR count). The molecule has 1 saturated heterocycles. The molecule has 1 N–H and O–H groups in total. The second-order valence-corrected chi connectivity index (χ2v) is 6.09. The van der Waals surface area contributed by atoms with Gasteiger partial charge >= 0.3 is 0 Å². The van der Waals surface area contributed by atoms with Crippen LogP contribution < -0.4 is 5.32 Å². The highest BCUT2D eigenvalue weighted by Crippen LogP contribution is 2.33. The van der Waals surface area contributed by atoms with Crippen LogP contribution in [0.2, 0.25) is 0 Å². The van der Waals surface area contributed by atoms with E-state index in [-0.39, 0.29) is 23.4 Å². The zero-order chi connectivity index (χ0) is 14.0. The van der Waals surface area contributed by atoms with Crippen LogP contribution in [0.25, 0.3) is 0 Å². The minimum atomic E-state index is -0.173. The number of piperidine rings is 1. The van der Waals surface area contributed by atoms with E-state index in [0.717, 1.165) is 19.4 Å². The van der Waals surface area contributed by atoms with E-state index in [1.165, 1.54) is 0 Å². The van der Waals surface area contributed by atoms with E-state index in [0.29, 0.717) is 18.8 Å². The van der Waals surface area contributed by atoms with Gasteiger partial charge in [0, 0.05) is 18.5 Å². The number of allylic oxidation sites excluding steroid dienone is 1. The minimum Gasteiger partial charge on any atom is -0.295 e. The summed E-state index contributed by atoms with van der Waals surface area (Å²) in [6.07, 6.45) is 7.69. The maximum atomic E-state index is 12.1. The highest BCUT2D eigenvalue weighted by molar-refractivity contribution is 6.00. The van der Waals surface area contributed by atoms with Gasteiger partial charge in [0.25, 0.3) is 0 Å². The van der Waals surface area contributed by atoms with E-state index in [1.807, 2.05) is 0 Å². The molecule has 0 aliphatic carbocycles. The first-order chi connectivity index (χ1) is 8.95. The molecular weight excluding hydrogens is 240 g/mol. The third-order valence-electron chi connectivity index (χ3n) is 4.60. The van der Waals surface area contributed by atoms with Crippen LogP contribution >= 0.6 is 0 Å². The summed E-state index contributed by atoms with van der Waals surface area (Å²) < 4.78 is 0. The molecule has 4 nitrogen and oxygen atoms in total. The van der Waals surface area contributed by atoms with Gasteiger partial charge in [0.2, 0.25) is 11.8 Å². The Kier molecular flexibility index (Phi) is 4.09. The van der Waals surface area contributed by atoms with E-state index in [4.69, 9.17) is 0 Å². The third-order valence-corrected chi connectivity index (χ3v) is 4.60. The Hall–Kier alpha value is -1.16. The van der Waals surface area contributed by atoms with Crippen LogP contribution in [0.4, 0.5) is 0 Å². The molecule has 0 aromatic rings. The third kappa shape index (κ3) is 2.73. The molecule has 0 radical (unpaired) electrons. The quantitative estimate of drug-likeness (QED) is 0.612. The van der Waals surface area contributed by atoms with E-state index in [2.05, 4.69) is 43.1 Å². The molecule has 2 heterocycles. The van der Waals surface area contributed by atoms with Crippen molar-refractivity contribution in [3.8, 4) is 0 Å². The molecule has 2 amide bonds. The molecule has 0 aromatic heterocycles. The average Bonchev–Trinajstić information content (AvgIpc) is 2.53. The lowest BCUT2D eigenvalue weighted by molar-refractivity contribution is -0.139. The highest BCUT2D eigenvalue weighted by atomic mass is 16.2. The molecule has 2 aliphatic rings. The number of nitrogens with one attached hydrogen (secondary N) is 1. The van der Waals surface area contributed by atoms with E-state index in [9.17, 15) is 9.59 Å². The number of nitrogens with zero attached hydrogens (tertiary/aromatic N) is 1. The maximum absolute atomic E-state index is 12.1. The van der Waals surface area contributed by atoms with Crippen molar-refractivity contribution in [1.29, 1.82) is 0 Å². The van der Waals surface area contributed by atoms with Gasteiger partial charge in [0.15, 0.2) is 0 Å². The summed E-state index contributed by atoms with van der Waals surface area (Å²) in [5, 5.41) is 2.48. The van der Waals surface area contributed by atoms with Crippen molar-refractivity contribution in [1.82, 2.24) is 10.2 Å². The van der Waals surface area contributed by atoms with E-state index in [1.54, 1.807) is 0 Å². The number of imide groups is 1. The van der Waals surface area contributed by atoms with Gasteiger partial charge in [-0.2, -0.15) is 0 Å². The molecule has 4 heteroatoms. The van der Waals surface area contributed by atoms with Crippen molar-refractivity contribution in [3.05, 3.63) is 12.2 Å². The van der Waals surface area contributed by atoms with Crippen LogP contribution in [-0.2, 0) is 9.59 Å². The zero-order valence-corrected chi connectivity index (χ0v) is 12.1. The van der Waals surface area contributed by atoms with Gasteiger partial charge in [-0.3, -0.25) is 19.8 Å². The summed E-state index contributed by atoms with van der Waals surface area (Å²) in [6, 6.07) is -0.173. The van der Waals surface area contributed by atoms with Crippen molar-refractivity contribution in [2.75, 3.05) is 6.54 Å². The number of hydrogen-bond donors (Lipinski definition) is 1. The lowest BCUT2D eigenvalue weighted by atomic mass is 9.84. The summed E-state index contributed by atoms with van der Waals surface area (Å²) in [6.45, 7) is 7.49. The zero-order valence-electron chi connectivity index (χ0n) is 12.1. The Morgan fingerprint density at radius 2 is 2.16 bits per heavy atom. The molecule has 2 aliphatic heterocycles. The van der Waals surface area contributed by atoms with Crippen LogP contribution in [-0.4, -0.2) is 34.8 Å². The normalized spacial score (nSPS) is 33.4. The first-order valence-corrected chi connectivity index (χ1v) is 7.23. The fourth-order valence-corrected chi connectivity index (χ4v) is 3.03. The molecule has 0 spiro atoms. The van der Waals surface area contributed by atoms with Gasteiger partial charge in [-0.1, -0.05) is 26.0 Å². The first kappa shape index (κ1) is 14.3. The van der Waals surface area contributed by atoms with Crippen molar-refractivity contribution in [2.45, 2.75) is 58.0 Å². The van der Waals surface area contributed by atoms with Crippen LogP contribution in [0.3, 0.4) is 0 Å². The number of hydrogen-bond acceptors (Lipinski definition) is 3. The number of amides is 2. The standard InChI is InChI=1S/C15H24N2O2/c1-11(2)15(3)9-5-4-6-10-17(15)12-7-8-13(18)16-14(12)19/h5,9,11-12H,4,6-8,10H2,1-3H3,(H,16,18,19)/t12?,15-/m0/s1. The highest BCUT2D eigenvalue weighted by Gasteiger charge is 2.42. The first-order valence-electron chi connectivity index (χ1n) is 7.23. The molecule has 2 atom stereocenters. The van der Waals surface area contributed by atoms with Crippen molar-refractivity contribution < 1.29 is 9.59 Å². The number of carbonyl (C=O) groups excluding carboxylic acids is 2. The van der Waals surface area contributed by atoms with Crippen LogP contribution in [0.5, 0.6) is 0 Å². The van der Waals surface area contributed by atoms with Gasteiger partial charge in [-0.05, 0) is 32.1 Å². The summed E-state index contributed by atoms with van der Waals surface area (Å²) >= 11 is 0. The van der Waals surface area contributed by atoms with E-state index < -0.39 is 0 Å². The van der Waals surface area contributed by atoms with Crippen molar-refractivity contribution in [2.24, 2.45) is 5.92 Å². The molecular formula is C15H24N2O2. The van der Waals surface area contributed by atoms with E-state index >= 15 is 0 Å². The van der Waals surface area contributed by atoms with Gasteiger partial charge < -0.3 is 0 Å². The molecule has 106 valence electrons. The summed E-state index contributed by atoms with van der Waals surface area (Å²) in [7, 11) is 0. The van der Waals surface area contributed by atoms with Crippen LogP contribution in [0, 0.1) is 5.92 Å². The van der Waals surface area contributed by atoms with Crippen molar-refractivity contribution in [3.63, 3.8) is 0 Å². The molecule has 1 unspecified atom stereocenters. The molecule has 0 bridgehead atoms. The summed E-state index contributed by atoms with van der Waals surface area (Å²) in [5.41, 5.74) is -0.112. The Morgan fingerprint density at radius 1 is 1.42 bits per heavy atom. The largest absolute Gasteiger partial charge is 0.295 e. The lowest BCUT2D eigenvalue weighted by Crippen LogP contribution is -2.60. The van der Waals surface area contributed by atoms with Gasteiger partial charge in [0.1, 0.15) is 0 Å². The Labute approximate surface area is 115 Å². The lowest BCUT2D eigenvalue weighted by Gasteiger charge is -2.46. The summed E-state index contributed by atoms with van der Waals surface area (Å²) in [4.78, 5) is 25.7. The smallest absolute Gasteiger partial charge is 0.243 e. The Bertz CT molecular complexity index is 403. The monoisotopic (exact) mass is 264 g/mol. The van der Waals surface area contributed by atoms with Gasteiger partial charge in [-0.25, -0.2) is 0 Å². The van der Waals surface area contributed by atoms with Crippen LogP contribution in [0.15, 0.2) is 12.2 Å². The predicted molar refractivity (Wildman–Crippen MR) is 74.5 cm³/mol. The van der Waals surface area contributed by atoms with Gasteiger partial charge in [-0.15, -0.1) is 0 Å². The molecule has 19 heavy (non-hydrogen) atoms. The fourth-order valence-electron chi connectivity index (χ4n) is 3.03. The fraction of sp³-hybridized carbons (Fsp3) is 0.733. The molecule has 0 saturated carbocycles. The van der Waals surface area contributed by atoms with Crippen LogP contribution in [0.1, 0.15) is 46.5 Å². The van der Waals surface area contributed by atoms with Crippen molar-refractivity contribution >= 4 is 11.8 Å². The number of rotatable bonds is 2. The second kappa shape index (κ2) is 5.45. The van der Waals surface area contributed by atoms with Gasteiger partial charge in [0.05, 0.1) is 6.04 Å². The molecule has 0 aromatic carbocycles. The second-order valence-electron chi connectivity index (χ2n) is 6.09. The molecule has 1 fully saturated rings. The minimum absolute atomic E-state index is 0.112. The Morgan fingerprint density at radius 3 is 2.79 bits per heavy atom. The number of carbonyl (C=O) groups is 2. The summed E-state index contributed by atoms with van der Waals surface area (Å²) in [5.74, 6) is 0.156. The topological polar surface area (TPSA) is 49.4 Å². The predicted octanol–water partition coefficient (Wildman–Crippen LogP) is 1.86. The SMILES string of the molecule is CC(C)[C@]1(C)C=CCCCN1C1CCC(=O)NC1=O. The maximum Gasteiger partial charge on any atom is 0.243 e. The Balaban J connectivity index is 2.26. The average molecular weight is 264 g/mol.